The van der Waals surface area contributed by atoms with Crippen LogP contribution in [0.25, 0.3) is 6.08 Å². The van der Waals surface area contributed by atoms with Gasteiger partial charge in [0.25, 0.3) is 11.8 Å². The van der Waals surface area contributed by atoms with Crippen molar-refractivity contribution in [3.8, 4) is 11.5 Å². The molecule has 1 saturated heterocycles. The van der Waals surface area contributed by atoms with Gasteiger partial charge in [-0.05, 0) is 60.9 Å². The molecular weight excluding hydrogens is 392 g/mol. The quantitative estimate of drug-likeness (QED) is 0.442. The number of hydrazine groups is 1. The van der Waals surface area contributed by atoms with Crippen LogP contribution in [0.1, 0.15) is 16.7 Å². The van der Waals surface area contributed by atoms with Gasteiger partial charge in [-0.3, -0.25) is 15.0 Å². The van der Waals surface area contributed by atoms with Crippen LogP contribution in [0, 0.1) is 13.8 Å². The molecule has 0 spiro atoms. The van der Waals surface area contributed by atoms with E-state index in [0.717, 1.165) is 11.1 Å². The fraction of sp³-hybridized carbons (Fsp3) is 0.182. The Morgan fingerprint density at radius 3 is 2.59 bits per heavy atom. The number of hydrogen-bond donors (Lipinski definition) is 1. The number of methoxy groups -OCH3 is 1. The van der Waals surface area contributed by atoms with Gasteiger partial charge in [0.05, 0.1) is 17.8 Å². The molecule has 2 aromatic rings. The van der Waals surface area contributed by atoms with E-state index in [1.54, 1.807) is 24.3 Å². The number of aryl methyl sites for hydroxylation is 2. The molecule has 150 valence electrons. The van der Waals surface area contributed by atoms with E-state index in [4.69, 9.17) is 21.1 Å². The Balaban J connectivity index is 1.94. The second-order valence-electron chi connectivity index (χ2n) is 6.54. The fourth-order valence-electron chi connectivity index (χ4n) is 2.88. The van der Waals surface area contributed by atoms with Gasteiger partial charge in [0.15, 0.2) is 11.5 Å². The summed E-state index contributed by atoms with van der Waals surface area (Å²) in [5.41, 5.74) is 5.85. The Morgan fingerprint density at radius 1 is 1.17 bits per heavy atom. The van der Waals surface area contributed by atoms with E-state index in [0.29, 0.717) is 27.8 Å². The lowest BCUT2D eigenvalue weighted by Crippen LogP contribution is -2.35. The largest absolute Gasteiger partial charge is 0.493 e. The van der Waals surface area contributed by atoms with Crippen molar-refractivity contribution in [3.05, 3.63) is 70.3 Å². The van der Waals surface area contributed by atoms with Gasteiger partial charge >= 0.3 is 0 Å². The van der Waals surface area contributed by atoms with E-state index in [1.165, 1.54) is 18.2 Å². The highest BCUT2D eigenvalue weighted by Crippen LogP contribution is 2.37. The Hall–Kier alpha value is -3.25. The van der Waals surface area contributed by atoms with E-state index >= 15 is 0 Å². The van der Waals surface area contributed by atoms with Crippen molar-refractivity contribution in [2.75, 3.05) is 18.7 Å². The first-order chi connectivity index (χ1) is 13.8. The number of nitrogens with one attached hydrogen (secondary N) is 1. The molecule has 2 aromatic carbocycles. The third-order valence-electron chi connectivity index (χ3n) is 4.55. The topological polar surface area (TPSA) is 67.9 Å². The predicted molar refractivity (Wildman–Crippen MR) is 113 cm³/mol. The molecule has 0 unspecified atom stereocenters. The zero-order valence-corrected chi connectivity index (χ0v) is 17.2. The second kappa shape index (κ2) is 8.41. The molecule has 1 fully saturated rings. The summed E-state index contributed by atoms with van der Waals surface area (Å²) in [6.07, 6.45) is 3.07. The normalized spacial score (nSPS) is 14.9. The van der Waals surface area contributed by atoms with E-state index in [-0.39, 0.29) is 12.2 Å². The van der Waals surface area contributed by atoms with E-state index in [9.17, 15) is 9.59 Å². The van der Waals surface area contributed by atoms with E-state index in [2.05, 4.69) is 12.0 Å². The van der Waals surface area contributed by atoms with Crippen LogP contribution >= 0.6 is 11.6 Å². The summed E-state index contributed by atoms with van der Waals surface area (Å²) in [5.74, 6) is -0.172. The molecule has 0 saturated carbocycles. The molecule has 0 bridgehead atoms. The number of rotatable bonds is 6. The average molecular weight is 413 g/mol. The molecule has 0 aromatic heterocycles. The van der Waals surface area contributed by atoms with Crippen LogP contribution in [0.2, 0.25) is 5.02 Å². The van der Waals surface area contributed by atoms with E-state index in [1.807, 2.05) is 26.0 Å². The Bertz CT molecular complexity index is 1030. The predicted octanol–water partition coefficient (Wildman–Crippen LogP) is 3.99. The standard InChI is InChI=1S/C22H21ClN2O4/c1-5-8-29-20-18(23)11-15(12-19(20)28-4)10-17-21(26)24-25(22(17)27)16-7-6-13(2)14(3)9-16/h5-7,9-12H,1,8H2,2-4H3,(H,24,26)/b17-10-. The third-order valence-corrected chi connectivity index (χ3v) is 4.83. The molecule has 0 atom stereocenters. The zero-order chi connectivity index (χ0) is 21.1. The molecule has 1 aliphatic heterocycles. The molecule has 3 rings (SSSR count). The summed E-state index contributed by atoms with van der Waals surface area (Å²) in [6, 6.07) is 8.79. The number of nitrogens with zero attached hydrogens (tertiary/aromatic N) is 1. The van der Waals surface area contributed by atoms with Gasteiger partial charge in [0, 0.05) is 0 Å². The minimum absolute atomic E-state index is 0.00103. The molecule has 1 aliphatic rings. The summed E-state index contributed by atoms with van der Waals surface area (Å²) in [5, 5.41) is 1.54. The molecule has 7 heteroatoms. The van der Waals surface area contributed by atoms with Gasteiger partial charge in [-0.1, -0.05) is 30.3 Å². The number of carbonyl (C=O) groups is 2. The third kappa shape index (κ3) is 4.12. The molecule has 1 heterocycles. The number of ether oxygens (including phenoxy) is 2. The van der Waals surface area contributed by atoms with Gasteiger partial charge in [-0.15, -0.1) is 0 Å². The summed E-state index contributed by atoms with van der Waals surface area (Å²) in [7, 11) is 1.48. The Kier molecular flexibility index (Phi) is 5.94. The van der Waals surface area contributed by atoms with Crippen LogP contribution < -0.4 is 19.9 Å². The molecule has 29 heavy (non-hydrogen) atoms. The van der Waals surface area contributed by atoms with Gasteiger partial charge in [-0.2, -0.15) is 0 Å². The first-order valence-corrected chi connectivity index (χ1v) is 9.29. The van der Waals surface area contributed by atoms with Crippen LogP contribution in [0.3, 0.4) is 0 Å². The lowest BCUT2D eigenvalue weighted by Gasteiger charge is -2.16. The summed E-state index contributed by atoms with van der Waals surface area (Å²) in [4.78, 5) is 25.3. The first-order valence-electron chi connectivity index (χ1n) is 8.91. The maximum absolute atomic E-state index is 12.8. The SMILES string of the molecule is C=CCOc1c(Cl)cc(/C=C2/C(=O)NN(c3ccc(C)c(C)c3)C2=O)cc1OC. The van der Waals surface area contributed by atoms with Crippen LogP contribution in [0.5, 0.6) is 11.5 Å². The average Bonchev–Trinajstić information content (AvgIpc) is 2.97. The highest BCUT2D eigenvalue weighted by atomic mass is 35.5. The molecule has 6 nitrogen and oxygen atoms in total. The number of carbonyl (C=O) groups excluding carboxylic acids is 2. The van der Waals surface area contributed by atoms with Crippen molar-refractivity contribution in [1.29, 1.82) is 0 Å². The molecule has 2 amide bonds. The maximum Gasteiger partial charge on any atom is 0.282 e. The second-order valence-corrected chi connectivity index (χ2v) is 6.95. The van der Waals surface area contributed by atoms with Gasteiger partial charge < -0.3 is 9.47 Å². The Labute approximate surface area is 174 Å². The number of benzene rings is 2. The van der Waals surface area contributed by atoms with Crippen LogP contribution in [0.4, 0.5) is 5.69 Å². The Morgan fingerprint density at radius 2 is 1.93 bits per heavy atom. The molecule has 0 radical (unpaired) electrons. The monoisotopic (exact) mass is 412 g/mol. The summed E-state index contributed by atoms with van der Waals surface area (Å²) in [6.45, 7) is 7.79. The number of anilines is 1. The van der Waals surface area contributed by atoms with Gasteiger partial charge in [0.2, 0.25) is 0 Å². The van der Waals surface area contributed by atoms with Crippen molar-refractivity contribution in [2.45, 2.75) is 13.8 Å². The molecule has 0 aliphatic carbocycles. The number of amides is 2. The van der Waals surface area contributed by atoms with Crippen LogP contribution in [0.15, 0.2) is 48.6 Å². The highest BCUT2D eigenvalue weighted by molar-refractivity contribution is 6.33. The molecular formula is C22H21ClN2O4. The number of halogens is 1. The number of hydrogen-bond acceptors (Lipinski definition) is 4. The van der Waals surface area contributed by atoms with Crippen LogP contribution in [-0.4, -0.2) is 25.5 Å². The first kappa shape index (κ1) is 20.5. The smallest absolute Gasteiger partial charge is 0.282 e. The summed E-state index contributed by atoms with van der Waals surface area (Å²) < 4.78 is 10.8. The zero-order valence-electron chi connectivity index (χ0n) is 16.4. The van der Waals surface area contributed by atoms with Crippen molar-refractivity contribution >= 4 is 35.2 Å². The lowest BCUT2D eigenvalue weighted by atomic mass is 10.1. The van der Waals surface area contributed by atoms with Crippen molar-refractivity contribution < 1.29 is 19.1 Å². The van der Waals surface area contributed by atoms with Crippen molar-refractivity contribution in [3.63, 3.8) is 0 Å². The minimum Gasteiger partial charge on any atom is -0.493 e. The van der Waals surface area contributed by atoms with E-state index < -0.39 is 11.8 Å². The van der Waals surface area contributed by atoms with Gasteiger partial charge in [0.1, 0.15) is 12.2 Å². The van der Waals surface area contributed by atoms with Gasteiger partial charge in [-0.25, -0.2) is 5.01 Å². The maximum atomic E-state index is 12.8. The fourth-order valence-corrected chi connectivity index (χ4v) is 3.15. The summed E-state index contributed by atoms with van der Waals surface area (Å²) >= 11 is 6.30. The molecule has 1 N–H and O–H groups in total. The van der Waals surface area contributed by atoms with Crippen LogP contribution in [-0.2, 0) is 9.59 Å². The minimum atomic E-state index is -0.490. The lowest BCUT2D eigenvalue weighted by molar-refractivity contribution is -0.117. The van der Waals surface area contributed by atoms with Crippen molar-refractivity contribution in [1.82, 2.24) is 5.43 Å². The highest BCUT2D eigenvalue weighted by Gasteiger charge is 2.34. The van der Waals surface area contributed by atoms with Crippen molar-refractivity contribution in [2.24, 2.45) is 0 Å².